The van der Waals surface area contributed by atoms with Gasteiger partial charge in [-0.1, -0.05) is 149 Å². The summed E-state index contributed by atoms with van der Waals surface area (Å²) in [5, 5.41) is 9.36. The van der Waals surface area contributed by atoms with Gasteiger partial charge in [-0.3, -0.25) is 0 Å². The largest absolute Gasteiger partial charge is 0.508 e. The van der Waals surface area contributed by atoms with E-state index in [2.05, 4.69) is 27.7 Å². The molecule has 1 nitrogen and oxygen atoms in total. The highest BCUT2D eigenvalue weighted by molar-refractivity contribution is 5.31. The average Bonchev–Trinajstić information content (AvgIpc) is 2.70. The third kappa shape index (κ3) is 20.1. The molecule has 1 rings (SSSR count). The summed E-state index contributed by atoms with van der Waals surface area (Å²) in [4.78, 5) is 0. The van der Waals surface area contributed by atoms with Crippen LogP contribution in [0.1, 0.15) is 136 Å². The first kappa shape index (κ1) is 28.0. The minimum absolute atomic E-state index is 0.418. The Labute approximate surface area is 183 Å². The van der Waals surface area contributed by atoms with Crippen molar-refractivity contribution in [3.8, 4) is 5.75 Å². The molecule has 1 heteroatoms. The van der Waals surface area contributed by atoms with Gasteiger partial charge in [-0.15, -0.1) is 0 Å². The van der Waals surface area contributed by atoms with E-state index in [-0.39, 0.29) is 0 Å². The van der Waals surface area contributed by atoms with Crippen molar-refractivity contribution >= 4 is 0 Å². The predicted octanol–water partition coefficient (Wildman–Crippen LogP) is 9.86. The second kappa shape index (κ2) is 21.7. The van der Waals surface area contributed by atoms with E-state index in [1.807, 2.05) is 18.2 Å². The van der Waals surface area contributed by atoms with Gasteiger partial charge in [-0.25, -0.2) is 0 Å². The molecule has 0 aromatic heterocycles. The lowest BCUT2D eigenvalue weighted by Crippen LogP contribution is -1.93. The second-order valence-electron chi connectivity index (χ2n) is 9.18. The topological polar surface area (TPSA) is 20.2 Å². The van der Waals surface area contributed by atoms with Crippen LogP contribution in [-0.4, -0.2) is 5.11 Å². The Morgan fingerprint density at radius 3 is 1.24 bits per heavy atom. The van der Waals surface area contributed by atoms with E-state index in [0.717, 1.165) is 12.0 Å². The van der Waals surface area contributed by atoms with Gasteiger partial charge in [0.15, 0.2) is 0 Å². The van der Waals surface area contributed by atoms with Crippen molar-refractivity contribution in [1.29, 1.82) is 0 Å². The number of phenolic OH excluding ortho intramolecular Hbond substituents is 1. The van der Waals surface area contributed by atoms with Crippen LogP contribution in [0.2, 0.25) is 0 Å². The van der Waals surface area contributed by atoms with Crippen LogP contribution in [0.3, 0.4) is 0 Å². The van der Waals surface area contributed by atoms with Gasteiger partial charge in [-0.2, -0.15) is 0 Å². The summed E-state index contributed by atoms with van der Waals surface area (Å²) in [6.07, 6.45) is 24.4. The molecule has 0 aliphatic heterocycles. The van der Waals surface area contributed by atoms with Gasteiger partial charge in [0.2, 0.25) is 0 Å². The summed E-state index contributed by atoms with van der Waals surface area (Å²) in [5.41, 5.74) is 1.04. The van der Waals surface area contributed by atoms with Crippen LogP contribution < -0.4 is 0 Å². The first-order chi connectivity index (χ1) is 14.1. The number of rotatable bonds is 17. The van der Waals surface area contributed by atoms with Crippen LogP contribution in [0.15, 0.2) is 24.3 Å². The molecule has 1 N–H and O–H groups in total. The molecule has 0 atom stereocenters. The summed E-state index contributed by atoms with van der Waals surface area (Å²) >= 11 is 0. The minimum Gasteiger partial charge on any atom is -0.508 e. The number of benzene rings is 1. The molecular weight excluding hydrogens is 352 g/mol. The van der Waals surface area contributed by atoms with Crippen molar-refractivity contribution < 1.29 is 5.11 Å². The molecule has 1 aromatic rings. The number of hydrogen-bond acceptors (Lipinski definition) is 1. The predicted molar refractivity (Wildman–Crippen MR) is 132 cm³/mol. The number of unbranched alkanes of at least 4 members (excludes halogenated alkanes) is 15. The Morgan fingerprint density at radius 2 is 0.931 bits per heavy atom. The fourth-order valence-corrected chi connectivity index (χ4v) is 3.74. The number of aromatic hydroxyl groups is 1. The van der Waals surface area contributed by atoms with Gasteiger partial charge in [-0.05, 0) is 24.0 Å². The summed E-state index contributed by atoms with van der Waals surface area (Å²) in [6, 6.07) is 7.50. The lowest BCUT2D eigenvalue weighted by Gasteiger charge is -2.05. The average molecular weight is 405 g/mol. The Morgan fingerprint density at radius 1 is 0.586 bits per heavy atom. The monoisotopic (exact) mass is 404 g/mol. The summed E-state index contributed by atoms with van der Waals surface area (Å²) < 4.78 is 0. The highest BCUT2D eigenvalue weighted by Crippen LogP contribution is 2.18. The van der Waals surface area contributed by atoms with Crippen molar-refractivity contribution in [2.75, 3.05) is 0 Å². The van der Waals surface area contributed by atoms with Crippen LogP contribution in [0.4, 0.5) is 0 Å². The number of hydrogen-bond donors (Lipinski definition) is 1. The molecule has 29 heavy (non-hydrogen) atoms. The molecule has 0 amide bonds. The zero-order chi connectivity index (χ0) is 21.6. The molecular formula is C28H52O. The second-order valence-corrected chi connectivity index (χ2v) is 9.18. The van der Waals surface area contributed by atoms with Gasteiger partial charge < -0.3 is 5.11 Å². The smallest absolute Gasteiger partial charge is 0.118 e. The molecule has 1 aromatic carbocycles. The van der Waals surface area contributed by atoms with Gasteiger partial charge in [0.1, 0.15) is 5.75 Å². The van der Waals surface area contributed by atoms with Crippen molar-refractivity contribution in [1.82, 2.24) is 0 Å². The van der Waals surface area contributed by atoms with Gasteiger partial charge in [0, 0.05) is 0 Å². The van der Waals surface area contributed by atoms with Crippen molar-refractivity contribution in [3.63, 3.8) is 0 Å². The van der Waals surface area contributed by atoms with E-state index in [0.29, 0.717) is 11.7 Å². The standard InChI is InChI=1S/C18H38.C10H14O/c1-3-5-7-9-11-13-15-17-18-16-14-12-10-8-6-4-2;1-8(2)7-9-5-3-4-6-10(9)11/h3-18H2,1-2H3;3-6,8,11H,7H2,1-2H3. The Hall–Kier alpha value is -0.980. The lowest BCUT2D eigenvalue weighted by molar-refractivity contribution is 0.462. The minimum atomic E-state index is 0.418. The lowest BCUT2D eigenvalue weighted by atomic mass is 10.0. The van der Waals surface area contributed by atoms with Crippen LogP contribution in [0.25, 0.3) is 0 Å². The Bertz CT molecular complexity index is 422. The quantitative estimate of drug-likeness (QED) is 0.256. The van der Waals surface area contributed by atoms with Crippen LogP contribution in [-0.2, 0) is 6.42 Å². The highest BCUT2D eigenvalue weighted by Gasteiger charge is 2.01. The summed E-state index contributed by atoms with van der Waals surface area (Å²) in [7, 11) is 0. The SMILES string of the molecule is CC(C)Cc1ccccc1O.CCCCCCCCCCCCCCCCCC. The molecule has 0 bridgehead atoms. The number of para-hydroxylation sites is 1. The zero-order valence-corrected chi connectivity index (χ0v) is 20.4. The number of phenols is 1. The van der Waals surface area contributed by atoms with E-state index in [9.17, 15) is 5.11 Å². The molecule has 0 heterocycles. The van der Waals surface area contributed by atoms with Gasteiger partial charge >= 0.3 is 0 Å². The molecule has 0 radical (unpaired) electrons. The summed E-state index contributed by atoms with van der Waals surface area (Å²) in [5.74, 6) is 1.02. The Kier molecular flexibility index (Phi) is 21.0. The third-order valence-corrected chi connectivity index (χ3v) is 5.58. The summed E-state index contributed by atoms with van der Waals surface area (Å²) in [6.45, 7) is 8.88. The molecule has 0 saturated heterocycles. The normalized spacial score (nSPS) is 10.8. The first-order valence-corrected chi connectivity index (χ1v) is 12.9. The molecule has 0 spiro atoms. The van der Waals surface area contributed by atoms with Crippen molar-refractivity contribution in [2.45, 2.75) is 137 Å². The molecule has 0 saturated carbocycles. The zero-order valence-electron chi connectivity index (χ0n) is 20.4. The van der Waals surface area contributed by atoms with E-state index >= 15 is 0 Å². The fraction of sp³-hybridized carbons (Fsp3) is 0.786. The maximum Gasteiger partial charge on any atom is 0.118 e. The Balaban J connectivity index is 0.000000604. The van der Waals surface area contributed by atoms with Crippen molar-refractivity contribution in [2.24, 2.45) is 5.92 Å². The molecule has 0 aliphatic rings. The van der Waals surface area contributed by atoms with Gasteiger partial charge in [0.25, 0.3) is 0 Å². The molecule has 0 aliphatic carbocycles. The van der Waals surface area contributed by atoms with Crippen LogP contribution >= 0.6 is 0 Å². The van der Waals surface area contributed by atoms with Crippen LogP contribution in [0.5, 0.6) is 5.75 Å². The van der Waals surface area contributed by atoms with Crippen LogP contribution in [0, 0.1) is 5.92 Å². The van der Waals surface area contributed by atoms with E-state index < -0.39 is 0 Å². The molecule has 170 valence electrons. The molecule has 0 fully saturated rings. The van der Waals surface area contributed by atoms with Gasteiger partial charge in [0.05, 0.1) is 0 Å². The highest BCUT2D eigenvalue weighted by atomic mass is 16.3. The third-order valence-electron chi connectivity index (χ3n) is 5.58. The van der Waals surface area contributed by atoms with E-state index in [1.165, 1.54) is 103 Å². The molecule has 0 unspecified atom stereocenters. The maximum absolute atomic E-state index is 9.36. The van der Waals surface area contributed by atoms with E-state index in [4.69, 9.17) is 0 Å². The first-order valence-electron chi connectivity index (χ1n) is 12.9. The van der Waals surface area contributed by atoms with Crippen molar-refractivity contribution in [3.05, 3.63) is 29.8 Å². The fourth-order valence-electron chi connectivity index (χ4n) is 3.74. The maximum atomic E-state index is 9.36. The van der Waals surface area contributed by atoms with E-state index in [1.54, 1.807) is 6.07 Å².